The lowest BCUT2D eigenvalue weighted by Gasteiger charge is -2.30. The maximum absolute atomic E-state index is 9.32. The molecule has 4 heteroatoms. The fraction of sp³-hybridized carbons (Fsp3) is 0.462. The van der Waals surface area contributed by atoms with Crippen molar-refractivity contribution in [2.45, 2.75) is 13.0 Å². The predicted octanol–water partition coefficient (Wildman–Crippen LogP) is 2.55. The number of benzene rings is 1. The van der Waals surface area contributed by atoms with E-state index in [0.29, 0.717) is 13.2 Å². The van der Waals surface area contributed by atoms with E-state index >= 15 is 0 Å². The van der Waals surface area contributed by atoms with E-state index in [1.807, 2.05) is 25.1 Å². The van der Waals surface area contributed by atoms with Gasteiger partial charge in [0.2, 0.25) is 0 Å². The van der Waals surface area contributed by atoms with Gasteiger partial charge in [0.05, 0.1) is 19.3 Å². The highest BCUT2D eigenvalue weighted by molar-refractivity contribution is 6.31. The molecule has 1 aliphatic rings. The molecule has 1 fully saturated rings. The van der Waals surface area contributed by atoms with E-state index in [4.69, 9.17) is 16.3 Å². The fourth-order valence-electron chi connectivity index (χ4n) is 1.98. The molecular formula is C13H15ClN2O. The van der Waals surface area contributed by atoms with Crippen LogP contribution in [0.25, 0.3) is 0 Å². The first-order valence-corrected chi connectivity index (χ1v) is 6.07. The SMILES string of the molecule is Cc1ccc(C(C#N)N2CCOCC2)cc1Cl. The summed E-state index contributed by atoms with van der Waals surface area (Å²) in [6.45, 7) is 4.94. The van der Waals surface area contributed by atoms with Crippen molar-refractivity contribution in [3.8, 4) is 6.07 Å². The standard InChI is InChI=1S/C13H15ClN2O/c1-10-2-3-11(8-12(10)14)13(9-15)16-4-6-17-7-5-16/h2-3,8,13H,4-7H2,1H3. The molecule has 0 aromatic heterocycles. The first-order valence-electron chi connectivity index (χ1n) is 5.70. The van der Waals surface area contributed by atoms with Gasteiger partial charge in [0.1, 0.15) is 6.04 Å². The summed E-state index contributed by atoms with van der Waals surface area (Å²) < 4.78 is 5.30. The molecule has 0 N–H and O–H groups in total. The predicted molar refractivity (Wildman–Crippen MR) is 66.9 cm³/mol. The van der Waals surface area contributed by atoms with E-state index in [1.54, 1.807) is 0 Å². The Bertz CT molecular complexity index is 436. The molecule has 1 atom stereocenters. The summed E-state index contributed by atoms with van der Waals surface area (Å²) in [5, 5.41) is 10.0. The number of rotatable bonds is 2. The van der Waals surface area contributed by atoms with Crippen molar-refractivity contribution in [2.24, 2.45) is 0 Å². The highest BCUT2D eigenvalue weighted by atomic mass is 35.5. The van der Waals surface area contributed by atoms with E-state index < -0.39 is 0 Å². The van der Waals surface area contributed by atoms with Crippen LogP contribution in [-0.4, -0.2) is 31.2 Å². The number of aryl methyl sites for hydroxylation is 1. The van der Waals surface area contributed by atoms with Crippen LogP contribution in [0.5, 0.6) is 0 Å². The minimum Gasteiger partial charge on any atom is -0.379 e. The zero-order valence-corrected chi connectivity index (χ0v) is 10.6. The Morgan fingerprint density at radius 3 is 2.71 bits per heavy atom. The molecule has 0 amide bonds. The van der Waals surface area contributed by atoms with Gasteiger partial charge in [-0.25, -0.2) is 0 Å². The third-order valence-corrected chi connectivity index (χ3v) is 3.45. The molecule has 0 spiro atoms. The van der Waals surface area contributed by atoms with Crippen molar-refractivity contribution in [3.63, 3.8) is 0 Å². The maximum atomic E-state index is 9.32. The lowest BCUT2D eigenvalue weighted by atomic mass is 10.0. The summed E-state index contributed by atoms with van der Waals surface area (Å²) in [5.74, 6) is 0. The quantitative estimate of drug-likeness (QED) is 0.809. The Labute approximate surface area is 107 Å². The van der Waals surface area contributed by atoms with Gasteiger partial charge in [0, 0.05) is 18.1 Å². The molecule has 1 heterocycles. The normalized spacial score (nSPS) is 18.6. The summed E-state index contributed by atoms with van der Waals surface area (Å²) in [6, 6.07) is 7.95. The van der Waals surface area contributed by atoms with E-state index in [0.717, 1.165) is 29.2 Å². The lowest BCUT2D eigenvalue weighted by Crippen LogP contribution is -2.38. The Morgan fingerprint density at radius 2 is 2.12 bits per heavy atom. The van der Waals surface area contributed by atoms with Crippen molar-refractivity contribution in [2.75, 3.05) is 26.3 Å². The summed E-state index contributed by atoms with van der Waals surface area (Å²) in [4.78, 5) is 2.13. The number of hydrogen-bond donors (Lipinski definition) is 0. The monoisotopic (exact) mass is 250 g/mol. The van der Waals surface area contributed by atoms with Crippen molar-refractivity contribution in [3.05, 3.63) is 34.3 Å². The summed E-state index contributed by atoms with van der Waals surface area (Å²) in [5.41, 5.74) is 2.00. The summed E-state index contributed by atoms with van der Waals surface area (Å²) in [7, 11) is 0. The third kappa shape index (κ3) is 2.78. The maximum Gasteiger partial charge on any atom is 0.124 e. The first-order chi connectivity index (χ1) is 8.22. The van der Waals surface area contributed by atoms with Crippen LogP contribution < -0.4 is 0 Å². The Balaban J connectivity index is 2.22. The average molecular weight is 251 g/mol. The minimum atomic E-state index is -0.225. The van der Waals surface area contributed by atoms with Crippen molar-refractivity contribution >= 4 is 11.6 Å². The Kier molecular flexibility index (Phi) is 4.01. The molecule has 2 rings (SSSR count). The Hall–Kier alpha value is -1.08. The van der Waals surface area contributed by atoms with Crippen LogP contribution in [0.2, 0.25) is 5.02 Å². The fourth-order valence-corrected chi connectivity index (χ4v) is 2.17. The van der Waals surface area contributed by atoms with Gasteiger partial charge in [-0.15, -0.1) is 0 Å². The number of nitriles is 1. The number of hydrogen-bond acceptors (Lipinski definition) is 3. The van der Waals surface area contributed by atoms with Crippen LogP contribution in [0.15, 0.2) is 18.2 Å². The highest BCUT2D eigenvalue weighted by Crippen LogP contribution is 2.25. The number of ether oxygens (including phenoxy) is 1. The van der Waals surface area contributed by atoms with Crippen molar-refractivity contribution in [1.82, 2.24) is 4.90 Å². The van der Waals surface area contributed by atoms with Gasteiger partial charge in [-0.1, -0.05) is 23.7 Å². The zero-order valence-electron chi connectivity index (χ0n) is 9.82. The Morgan fingerprint density at radius 1 is 1.41 bits per heavy atom. The van der Waals surface area contributed by atoms with Gasteiger partial charge >= 0.3 is 0 Å². The molecule has 0 aliphatic carbocycles. The molecule has 0 saturated carbocycles. The molecule has 1 aliphatic heterocycles. The van der Waals surface area contributed by atoms with Crippen molar-refractivity contribution in [1.29, 1.82) is 5.26 Å². The molecule has 0 radical (unpaired) electrons. The van der Waals surface area contributed by atoms with Gasteiger partial charge in [-0.3, -0.25) is 4.90 Å². The summed E-state index contributed by atoms with van der Waals surface area (Å²) >= 11 is 6.10. The van der Waals surface area contributed by atoms with Gasteiger partial charge in [-0.2, -0.15) is 5.26 Å². The van der Waals surface area contributed by atoms with Crippen LogP contribution in [0.4, 0.5) is 0 Å². The molecule has 17 heavy (non-hydrogen) atoms. The van der Waals surface area contributed by atoms with E-state index in [-0.39, 0.29) is 6.04 Å². The largest absolute Gasteiger partial charge is 0.379 e. The molecule has 3 nitrogen and oxygen atoms in total. The van der Waals surface area contributed by atoms with E-state index in [9.17, 15) is 5.26 Å². The second kappa shape index (κ2) is 5.50. The molecule has 1 unspecified atom stereocenters. The smallest absolute Gasteiger partial charge is 0.124 e. The molecule has 1 saturated heterocycles. The lowest BCUT2D eigenvalue weighted by molar-refractivity contribution is 0.0266. The number of nitrogens with zero attached hydrogens (tertiary/aromatic N) is 2. The summed E-state index contributed by atoms with van der Waals surface area (Å²) in [6.07, 6.45) is 0. The van der Waals surface area contributed by atoms with Gasteiger partial charge in [-0.05, 0) is 24.1 Å². The minimum absolute atomic E-state index is 0.225. The second-order valence-corrected chi connectivity index (χ2v) is 4.60. The van der Waals surface area contributed by atoms with Crippen LogP contribution in [0.3, 0.4) is 0 Å². The van der Waals surface area contributed by atoms with Crippen LogP contribution >= 0.6 is 11.6 Å². The average Bonchev–Trinajstić information content (AvgIpc) is 2.36. The van der Waals surface area contributed by atoms with Gasteiger partial charge in [0.25, 0.3) is 0 Å². The van der Waals surface area contributed by atoms with Crippen molar-refractivity contribution < 1.29 is 4.74 Å². The molecule has 0 bridgehead atoms. The van der Waals surface area contributed by atoms with Crippen LogP contribution in [-0.2, 0) is 4.74 Å². The molecule has 1 aromatic rings. The topological polar surface area (TPSA) is 36.3 Å². The molecular weight excluding hydrogens is 236 g/mol. The third-order valence-electron chi connectivity index (χ3n) is 3.04. The highest BCUT2D eigenvalue weighted by Gasteiger charge is 2.22. The van der Waals surface area contributed by atoms with E-state index in [2.05, 4.69) is 11.0 Å². The first kappa shape index (κ1) is 12.4. The number of halogens is 1. The van der Waals surface area contributed by atoms with E-state index in [1.165, 1.54) is 0 Å². The number of morpholine rings is 1. The molecule has 90 valence electrons. The van der Waals surface area contributed by atoms with Crippen LogP contribution in [0, 0.1) is 18.3 Å². The zero-order chi connectivity index (χ0) is 12.3. The van der Waals surface area contributed by atoms with Gasteiger partial charge < -0.3 is 4.74 Å². The second-order valence-electron chi connectivity index (χ2n) is 4.19. The van der Waals surface area contributed by atoms with Gasteiger partial charge in [0.15, 0.2) is 0 Å². The molecule has 1 aromatic carbocycles. The van der Waals surface area contributed by atoms with Crippen LogP contribution in [0.1, 0.15) is 17.2 Å².